The van der Waals surface area contributed by atoms with Gasteiger partial charge in [0.1, 0.15) is 0 Å². The predicted molar refractivity (Wildman–Crippen MR) is 43.0 cm³/mol. The highest BCUT2D eigenvalue weighted by Gasteiger charge is 2.07. The molecule has 0 aromatic heterocycles. The average Bonchev–Trinajstić information content (AvgIpc) is 1.59. The van der Waals surface area contributed by atoms with Crippen LogP contribution in [0.15, 0.2) is 0 Å². The van der Waals surface area contributed by atoms with E-state index in [4.69, 9.17) is 9.79 Å². The molecule has 2 N–H and O–H groups in total. The summed E-state index contributed by atoms with van der Waals surface area (Å²) in [4.78, 5) is 17.5. The van der Waals surface area contributed by atoms with Gasteiger partial charge in [0.15, 0.2) is 6.49 Å². The van der Waals surface area contributed by atoms with Gasteiger partial charge in [-0.2, -0.15) is 0 Å². The third-order valence-electron chi connectivity index (χ3n) is 0.998. The molecule has 0 atom stereocenters. The first kappa shape index (κ1) is 9.57. The highest BCUT2D eigenvalue weighted by molar-refractivity contribution is 8.09. The van der Waals surface area contributed by atoms with E-state index in [1.165, 1.54) is 0 Å². The van der Waals surface area contributed by atoms with E-state index in [-0.39, 0.29) is 0 Å². The molecule has 0 spiro atoms. The normalized spacial score (nSPS) is 12.6. The van der Waals surface area contributed by atoms with E-state index >= 15 is 0 Å². The highest BCUT2D eigenvalue weighted by Crippen LogP contribution is 2.36. The molecule has 2 nitrogen and oxygen atoms in total. The second-order valence-electron chi connectivity index (χ2n) is 2.57. The molecule has 0 fully saturated rings. The van der Waals surface area contributed by atoms with Gasteiger partial charge in [0.25, 0.3) is 0 Å². The van der Waals surface area contributed by atoms with E-state index < -0.39 is 6.49 Å². The number of hydrogen-bond donors (Lipinski definition) is 2. The Morgan fingerprint density at radius 1 is 1.44 bits per heavy atom. The topological polar surface area (TPSA) is 40.5 Å². The van der Waals surface area contributed by atoms with Crippen molar-refractivity contribution in [2.24, 2.45) is 5.92 Å². The van der Waals surface area contributed by atoms with Crippen LogP contribution in [0.1, 0.15) is 20.3 Å². The largest absolute Gasteiger partial charge is 0.345 e. The zero-order valence-electron chi connectivity index (χ0n) is 5.74. The molecule has 0 unspecified atom stereocenters. The maximum absolute atomic E-state index is 8.75. The van der Waals surface area contributed by atoms with Crippen LogP contribution in [0.3, 0.4) is 0 Å². The molecule has 56 valence electrons. The minimum Gasteiger partial charge on any atom is -0.345 e. The van der Waals surface area contributed by atoms with E-state index in [0.29, 0.717) is 12.1 Å². The molecule has 9 heavy (non-hydrogen) atoms. The predicted octanol–water partition coefficient (Wildman–Crippen LogP) is 1.33. The molecule has 0 aliphatic carbocycles. The molecule has 0 saturated heterocycles. The Morgan fingerprint density at radius 3 is 2.00 bits per heavy atom. The Balaban J connectivity index is 3.40. The van der Waals surface area contributed by atoms with E-state index in [9.17, 15) is 0 Å². The standard InChI is InChI=1S/C5H13O2PS/c1-5(2)3-4-8(6,7)9/h5H,3-4H2,1-2H3,(H2,6,7,9). The van der Waals surface area contributed by atoms with Gasteiger partial charge in [-0.05, 0) is 24.1 Å². The maximum Gasteiger partial charge on any atom is 0.183 e. The summed E-state index contributed by atoms with van der Waals surface area (Å²) in [5, 5.41) is 0. The van der Waals surface area contributed by atoms with Gasteiger partial charge in [-0.1, -0.05) is 13.8 Å². The summed E-state index contributed by atoms with van der Waals surface area (Å²) in [5.41, 5.74) is 0. The van der Waals surface area contributed by atoms with Crippen molar-refractivity contribution in [2.75, 3.05) is 6.16 Å². The Hall–Kier alpha value is 0.570. The molecule has 0 rings (SSSR count). The summed E-state index contributed by atoms with van der Waals surface area (Å²) in [7, 11) is 0. The van der Waals surface area contributed by atoms with Gasteiger partial charge < -0.3 is 9.79 Å². The molecular weight excluding hydrogens is 155 g/mol. The van der Waals surface area contributed by atoms with Crippen molar-refractivity contribution in [3.8, 4) is 0 Å². The van der Waals surface area contributed by atoms with Crippen molar-refractivity contribution in [1.29, 1.82) is 0 Å². The van der Waals surface area contributed by atoms with E-state index in [0.717, 1.165) is 6.42 Å². The summed E-state index contributed by atoms with van der Waals surface area (Å²) in [5.74, 6) is 0.506. The van der Waals surface area contributed by atoms with Gasteiger partial charge in [0.05, 0.1) is 0 Å². The fourth-order valence-corrected chi connectivity index (χ4v) is 1.60. The van der Waals surface area contributed by atoms with Crippen molar-refractivity contribution >= 4 is 18.3 Å². The molecule has 0 aliphatic heterocycles. The molecular formula is C5H13O2PS. The zero-order valence-corrected chi connectivity index (χ0v) is 7.45. The van der Waals surface area contributed by atoms with Gasteiger partial charge >= 0.3 is 0 Å². The van der Waals surface area contributed by atoms with E-state index in [1.807, 2.05) is 13.8 Å². The van der Waals surface area contributed by atoms with Crippen molar-refractivity contribution in [1.82, 2.24) is 0 Å². The molecule has 0 bridgehead atoms. The summed E-state index contributed by atoms with van der Waals surface area (Å²) < 4.78 is 0. The molecule has 0 aliphatic rings. The Labute approximate surface area is 61.1 Å². The SMILES string of the molecule is CC(C)CCP(O)(O)=S. The van der Waals surface area contributed by atoms with Gasteiger partial charge in [-0.15, -0.1) is 0 Å². The molecule has 0 aromatic carbocycles. The average molecular weight is 168 g/mol. The van der Waals surface area contributed by atoms with Crippen LogP contribution in [0.5, 0.6) is 0 Å². The van der Waals surface area contributed by atoms with Crippen LogP contribution in [0.25, 0.3) is 0 Å². The second-order valence-corrected chi connectivity index (χ2v) is 6.10. The Kier molecular flexibility index (Phi) is 3.90. The van der Waals surface area contributed by atoms with Gasteiger partial charge in [0, 0.05) is 6.16 Å². The second kappa shape index (κ2) is 3.67. The monoisotopic (exact) mass is 168 g/mol. The molecule has 0 saturated carbocycles. The van der Waals surface area contributed by atoms with Crippen LogP contribution in [-0.4, -0.2) is 15.9 Å². The van der Waals surface area contributed by atoms with Crippen LogP contribution in [0.4, 0.5) is 0 Å². The third-order valence-corrected chi connectivity index (χ3v) is 2.39. The minimum atomic E-state index is -2.89. The lowest BCUT2D eigenvalue weighted by molar-refractivity contribution is 0.469. The molecule has 0 radical (unpaired) electrons. The van der Waals surface area contributed by atoms with Crippen molar-refractivity contribution in [3.05, 3.63) is 0 Å². The fourth-order valence-electron chi connectivity index (χ4n) is 0.426. The summed E-state index contributed by atoms with van der Waals surface area (Å²) >= 11 is 4.43. The van der Waals surface area contributed by atoms with Crippen LogP contribution < -0.4 is 0 Å². The number of rotatable bonds is 3. The zero-order chi connectivity index (χ0) is 7.49. The van der Waals surface area contributed by atoms with Crippen LogP contribution in [0, 0.1) is 5.92 Å². The van der Waals surface area contributed by atoms with Gasteiger partial charge in [-0.25, -0.2) is 0 Å². The van der Waals surface area contributed by atoms with Crippen molar-refractivity contribution in [2.45, 2.75) is 20.3 Å². The molecule has 0 heterocycles. The quantitative estimate of drug-likeness (QED) is 0.624. The fraction of sp³-hybridized carbons (Fsp3) is 1.00. The molecule has 0 amide bonds. The first-order valence-corrected chi connectivity index (χ1v) is 5.85. The summed E-state index contributed by atoms with van der Waals surface area (Å²) in [6.07, 6.45) is 1.20. The van der Waals surface area contributed by atoms with E-state index in [2.05, 4.69) is 11.8 Å². The maximum atomic E-state index is 8.75. The van der Waals surface area contributed by atoms with E-state index in [1.54, 1.807) is 0 Å². The smallest absolute Gasteiger partial charge is 0.183 e. The summed E-state index contributed by atoms with van der Waals surface area (Å²) in [6, 6.07) is 0. The van der Waals surface area contributed by atoms with Crippen molar-refractivity contribution < 1.29 is 9.79 Å². The summed E-state index contributed by atoms with van der Waals surface area (Å²) in [6.45, 7) is 1.18. The Bertz CT molecular complexity index is 118. The first-order chi connectivity index (χ1) is 3.92. The number of hydrogen-bond acceptors (Lipinski definition) is 1. The van der Waals surface area contributed by atoms with Gasteiger partial charge in [0.2, 0.25) is 0 Å². The van der Waals surface area contributed by atoms with Crippen LogP contribution >= 0.6 is 6.49 Å². The third kappa shape index (κ3) is 8.57. The first-order valence-electron chi connectivity index (χ1n) is 2.96. The van der Waals surface area contributed by atoms with Crippen LogP contribution in [-0.2, 0) is 11.8 Å². The lowest BCUT2D eigenvalue weighted by Crippen LogP contribution is -1.93. The van der Waals surface area contributed by atoms with Gasteiger partial charge in [-0.3, -0.25) is 0 Å². The minimum absolute atomic E-state index is 0.389. The van der Waals surface area contributed by atoms with Crippen LogP contribution in [0.2, 0.25) is 0 Å². The van der Waals surface area contributed by atoms with Crippen molar-refractivity contribution in [3.63, 3.8) is 0 Å². The molecule has 4 heteroatoms. The lowest BCUT2D eigenvalue weighted by atomic mass is 10.2. The highest BCUT2D eigenvalue weighted by atomic mass is 32.5. The molecule has 0 aromatic rings. The lowest BCUT2D eigenvalue weighted by Gasteiger charge is -2.08. The Morgan fingerprint density at radius 2 is 1.89 bits per heavy atom.